The van der Waals surface area contributed by atoms with Gasteiger partial charge in [0.1, 0.15) is 17.4 Å². The van der Waals surface area contributed by atoms with Crippen LogP contribution in [-0.4, -0.2) is 50.9 Å². The maximum absolute atomic E-state index is 14.4. The fourth-order valence-electron chi connectivity index (χ4n) is 5.54. The average molecular weight is 520 g/mol. The van der Waals surface area contributed by atoms with Gasteiger partial charge in [-0.25, -0.2) is 4.79 Å². The van der Waals surface area contributed by atoms with Gasteiger partial charge in [-0.1, -0.05) is 24.3 Å². The molecule has 200 valence electrons. The third-order valence-corrected chi connectivity index (χ3v) is 7.16. The van der Waals surface area contributed by atoms with Crippen LogP contribution < -0.4 is 9.47 Å². The predicted octanol–water partition coefficient (Wildman–Crippen LogP) is 4.63. The second kappa shape index (κ2) is 11.6. The highest BCUT2D eigenvalue weighted by molar-refractivity contribution is 6.17. The summed E-state index contributed by atoms with van der Waals surface area (Å²) in [5, 5.41) is 0. The first-order valence-corrected chi connectivity index (χ1v) is 12.8. The number of methoxy groups -OCH3 is 2. The summed E-state index contributed by atoms with van der Waals surface area (Å²) < 4.78 is 21.6. The fourth-order valence-corrected chi connectivity index (χ4v) is 5.54. The normalized spacial score (nSPS) is 22.8. The Kier molecular flexibility index (Phi) is 8.29. The number of carbonyl (C=O) groups excluding carboxylic acids is 3. The van der Waals surface area contributed by atoms with Gasteiger partial charge in [0.15, 0.2) is 5.78 Å². The maximum atomic E-state index is 14.4. The summed E-state index contributed by atoms with van der Waals surface area (Å²) in [7, 11) is 3.13. The molecule has 1 aliphatic carbocycles. The van der Waals surface area contributed by atoms with E-state index in [9.17, 15) is 14.4 Å². The molecule has 1 fully saturated rings. The molecule has 38 heavy (non-hydrogen) atoms. The molecular weight excluding hydrogens is 486 g/mol. The van der Waals surface area contributed by atoms with E-state index in [1.807, 2.05) is 36.4 Å². The van der Waals surface area contributed by atoms with E-state index in [0.29, 0.717) is 40.5 Å². The lowest BCUT2D eigenvalue weighted by Gasteiger charge is -2.41. The average Bonchev–Trinajstić information content (AvgIpc) is 2.92. The molecule has 0 bridgehead atoms. The highest BCUT2D eigenvalue weighted by Crippen LogP contribution is 2.49. The molecule has 1 heterocycles. The van der Waals surface area contributed by atoms with E-state index in [1.54, 1.807) is 47.1 Å². The van der Waals surface area contributed by atoms with E-state index in [-0.39, 0.29) is 19.0 Å². The Labute approximate surface area is 222 Å². The number of nitrogens with zero attached hydrogens (tertiary/aromatic N) is 1. The number of ketones is 1. The van der Waals surface area contributed by atoms with E-state index in [4.69, 9.17) is 23.9 Å². The minimum Gasteiger partial charge on any atom is -0.497 e. The summed E-state index contributed by atoms with van der Waals surface area (Å²) >= 11 is 0. The molecular formula is C30H33NO7. The third-order valence-electron chi connectivity index (χ3n) is 7.16. The molecule has 0 saturated heterocycles. The predicted molar refractivity (Wildman–Crippen MR) is 141 cm³/mol. The van der Waals surface area contributed by atoms with Gasteiger partial charge in [0, 0.05) is 23.2 Å². The lowest BCUT2D eigenvalue weighted by molar-refractivity contribution is -0.153. The Bertz CT molecular complexity index is 1300. The van der Waals surface area contributed by atoms with Crippen molar-refractivity contribution in [1.29, 1.82) is 0 Å². The number of carbonyl (C=O) groups is 3. The van der Waals surface area contributed by atoms with Gasteiger partial charge in [-0.15, -0.1) is 0 Å². The Morgan fingerprint density at radius 3 is 2.11 bits per heavy atom. The summed E-state index contributed by atoms with van der Waals surface area (Å²) in [4.78, 5) is 45.7. The third kappa shape index (κ3) is 5.08. The van der Waals surface area contributed by atoms with Crippen LogP contribution in [0.3, 0.4) is 0 Å². The van der Waals surface area contributed by atoms with Gasteiger partial charge < -0.3 is 18.9 Å². The lowest BCUT2D eigenvalue weighted by Crippen LogP contribution is -2.48. The lowest BCUT2D eigenvalue weighted by atomic mass is 9.62. The Morgan fingerprint density at radius 2 is 1.50 bits per heavy atom. The summed E-state index contributed by atoms with van der Waals surface area (Å²) in [6.07, 6.45) is 0.348. The smallest absolute Gasteiger partial charge is 0.336 e. The van der Waals surface area contributed by atoms with Crippen molar-refractivity contribution in [2.24, 2.45) is 16.8 Å². The number of fused-ring (bicyclic) bond motifs is 1. The van der Waals surface area contributed by atoms with Crippen LogP contribution in [0.15, 0.2) is 64.8 Å². The molecule has 2 aromatic rings. The molecule has 0 N–H and O–H groups in total. The molecule has 4 atom stereocenters. The quantitative estimate of drug-likeness (QED) is 0.370. The van der Waals surface area contributed by atoms with Crippen molar-refractivity contribution >= 4 is 23.4 Å². The molecule has 4 rings (SSSR count). The van der Waals surface area contributed by atoms with Gasteiger partial charge in [-0.2, -0.15) is 0 Å². The molecule has 1 unspecified atom stereocenters. The summed E-state index contributed by atoms with van der Waals surface area (Å²) in [5.41, 5.74) is 2.92. The molecule has 2 aromatic carbocycles. The molecule has 0 amide bonds. The Morgan fingerprint density at radius 1 is 0.895 bits per heavy atom. The largest absolute Gasteiger partial charge is 0.497 e. The zero-order valence-corrected chi connectivity index (χ0v) is 22.4. The van der Waals surface area contributed by atoms with Crippen molar-refractivity contribution in [2.75, 3.05) is 27.4 Å². The highest BCUT2D eigenvalue weighted by atomic mass is 16.5. The molecule has 0 radical (unpaired) electrons. The van der Waals surface area contributed by atoms with Crippen molar-refractivity contribution in [2.45, 2.75) is 39.0 Å². The molecule has 1 saturated carbocycles. The van der Waals surface area contributed by atoms with Gasteiger partial charge in [0.2, 0.25) is 0 Å². The molecule has 1 aliphatic heterocycles. The summed E-state index contributed by atoms with van der Waals surface area (Å²) in [6, 6.07) is 14.6. The molecule has 8 heteroatoms. The van der Waals surface area contributed by atoms with Crippen LogP contribution in [0.1, 0.15) is 50.2 Å². The number of esters is 2. The minimum atomic E-state index is -1.07. The number of rotatable bonds is 8. The van der Waals surface area contributed by atoms with Gasteiger partial charge in [-0.3, -0.25) is 14.6 Å². The van der Waals surface area contributed by atoms with Crippen molar-refractivity contribution in [3.05, 3.63) is 70.9 Å². The topological polar surface area (TPSA) is 100 Å². The summed E-state index contributed by atoms with van der Waals surface area (Å²) in [6.45, 7) is 5.52. The zero-order valence-electron chi connectivity index (χ0n) is 22.4. The molecule has 2 aliphatic rings. The number of Topliss-reactive ketones (excluding diaryl/α,β-unsaturated/α-hetero) is 1. The highest BCUT2D eigenvalue weighted by Gasteiger charge is 2.53. The van der Waals surface area contributed by atoms with Crippen LogP contribution in [0, 0.1) is 11.8 Å². The second-order valence-electron chi connectivity index (χ2n) is 9.27. The number of ether oxygens (including phenoxy) is 4. The van der Waals surface area contributed by atoms with E-state index in [0.717, 1.165) is 5.56 Å². The van der Waals surface area contributed by atoms with Crippen LogP contribution in [0.5, 0.6) is 11.5 Å². The first kappa shape index (κ1) is 27.1. The fraction of sp³-hybridized carbons (Fsp3) is 0.400. The van der Waals surface area contributed by atoms with E-state index >= 15 is 0 Å². The second-order valence-corrected chi connectivity index (χ2v) is 9.27. The van der Waals surface area contributed by atoms with E-state index < -0.39 is 35.6 Å². The van der Waals surface area contributed by atoms with Crippen LogP contribution in [0.2, 0.25) is 0 Å². The van der Waals surface area contributed by atoms with Gasteiger partial charge in [0.05, 0.1) is 38.9 Å². The minimum absolute atomic E-state index is 0.144. The first-order valence-electron chi connectivity index (χ1n) is 12.8. The number of hydrogen-bond donors (Lipinski definition) is 0. The number of benzene rings is 2. The zero-order chi connectivity index (χ0) is 27.4. The molecule has 0 spiro atoms. The number of hydrogen-bond acceptors (Lipinski definition) is 8. The van der Waals surface area contributed by atoms with E-state index in [2.05, 4.69) is 0 Å². The van der Waals surface area contributed by atoms with Gasteiger partial charge in [-0.05, 0) is 62.6 Å². The summed E-state index contributed by atoms with van der Waals surface area (Å²) in [5.74, 6) is -3.31. The van der Waals surface area contributed by atoms with Crippen molar-refractivity contribution in [3.8, 4) is 11.5 Å². The standard InChI is InChI=1S/C30H33NO7/c1-6-37-29(33)24-17(3)31-23-16-22(18-10-8-12-20(14-18)35-4)26(30(34)38-7-2)28(32)27(23)25(24)19-11-9-13-21(15-19)36-5/h8-15,22,25-27H,6-7,16H2,1-5H3/t22-,25-,26+,27?/m1/s1. The Balaban J connectivity index is 1.90. The van der Waals surface area contributed by atoms with Gasteiger partial charge >= 0.3 is 11.9 Å². The molecule has 0 aromatic heterocycles. The number of aliphatic imine (C=N–C) groups is 1. The monoisotopic (exact) mass is 519 g/mol. The van der Waals surface area contributed by atoms with Crippen LogP contribution in [0.4, 0.5) is 0 Å². The number of allylic oxidation sites excluding steroid dienone is 1. The first-order chi connectivity index (χ1) is 18.3. The van der Waals surface area contributed by atoms with Gasteiger partial charge in [0.25, 0.3) is 0 Å². The van der Waals surface area contributed by atoms with Crippen molar-refractivity contribution in [1.82, 2.24) is 0 Å². The SMILES string of the molecule is CCOC(=O)C1=C(C)N=C2C[C@H](c3cccc(OC)c3)[C@H](C(=O)OCC)C(=O)C2[C@@H]1c1cccc(OC)c1. The Hall–Kier alpha value is -3.94. The maximum Gasteiger partial charge on any atom is 0.336 e. The van der Waals surface area contributed by atoms with Crippen LogP contribution in [0.25, 0.3) is 0 Å². The van der Waals surface area contributed by atoms with Crippen LogP contribution >= 0.6 is 0 Å². The van der Waals surface area contributed by atoms with Crippen molar-refractivity contribution < 1.29 is 33.3 Å². The molecule has 8 nitrogen and oxygen atoms in total. The van der Waals surface area contributed by atoms with Crippen molar-refractivity contribution in [3.63, 3.8) is 0 Å². The van der Waals surface area contributed by atoms with Crippen LogP contribution in [-0.2, 0) is 23.9 Å². The van der Waals surface area contributed by atoms with E-state index in [1.165, 1.54) is 0 Å².